The zero-order valence-electron chi connectivity index (χ0n) is 11.1. The summed E-state index contributed by atoms with van der Waals surface area (Å²) in [5, 5.41) is 2.87. The van der Waals surface area contributed by atoms with E-state index in [0.717, 1.165) is 27.8 Å². The number of nitrogens with zero attached hydrogens (tertiary/aromatic N) is 2. The Balaban J connectivity index is 0.00000161. The lowest BCUT2D eigenvalue weighted by Crippen LogP contribution is -2.32. The lowest BCUT2D eigenvalue weighted by molar-refractivity contribution is 0.0944. The van der Waals surface area contributed by atoms with Crippen LogP contribution in [0, 0.1) is 12.3 Å². The largest absolute Gasteiger partial charge is 0.352 e. The van der Waals surface area contributed by atoms with Crippen molar-refractivity contribution in [1.82, 2.24) is 14.9 Å². The van der Waals surface area contributed by atoms with Crippen molar-refractivity contribution < 1.29 is 4.79 Å². The van der Waals surface area contributed by atoms with Gasteiger partial charge in [-0.25, -0.2) is 0 Å². The third-order valence-electron chi connectivity index (χ3n) is 3.39. The second kappa shape index (κ2) is 6.33. The Morgan fingerprint density at radius 1 is 1.43 bits per heavy atom. The number of carbonyl (C=O) groups is 1. The van der Waals surface area contributed by atoms with Crippen LogP contribution < -0.4 is 5.32 Å². The molecule has 0 aliphatic carbocycles. The van der Waals surface area contributed by atoms with Gasteiger partial charge in [-0.05, 0) is 28.1 Å². The van der Waals surface area contributed by atoms with Crippen LogP contribution in [0.5, 0.6) is 0 Å². The van der Waals surface area contributed by atoms with Crippen molar-refractivity contribution in [3.63, 3.8) is 0 Å². The zero-order valence-corrected chi connectivity index (χ0v) is 13.5. The van der Waals surface area contributed by atoms with Gasteiger partial charge in [-0.1, -0.05) is 5.92 Å². The molecule has 0 fully saturated rings. The normalized spacial score (nSPS) is 12.9. The number of terminal acetylenes is 1. The first-order valence-corrected chi connectivity index (χ1v) is 7.06. The average Bonchev–Trinajstić information content (AvgIpc) is 2.75. The number of hydrogen-bond acceptors (Lipinski definition) is 2. The van der Waals surface area contributed by atoms with Gasteiger partial charge in [-0.3, -0.25) is 9.78 Å². The van der Waals surface area contributed by atoms with Crippen LogP contribution in [-0.2, 0) is 13.0 Å². The molecular weight excluding hydrogens is 354 g/mol. The van der Waals surface area contributed by atoms with Gasteiger partial charge in [0.1, 0.15) is 0 Å². The Labute approximate surface area is 137 Å². The van der Waals surface area contributed by atoms with Crippen LogP contribution in [-0.4, -0.2) is 22.0 Å². The number of halogens is 2. The first kappa shape index (κ1) is 15.6. The van der Waals surface area contributed by atoms with E-state index in [1.165, 1.54) is 0 Å². The predicted molar refractivity (Wildman–Crippen MR) is 87.5 cm³/mol. The molecule has 1 amide bonds. The molecule has 0 radical (unpaired) electrons. The molecule has 4 nitrogen and oxygen atoms in total. The van der Waals surface area contributed by atoms with E-state index >= 15 is 0 Å². The van der Waals surface area contributed by atoms with Gasteiger partial charge >= 0.3 is 0 Å². The highest BCUT2D eigenvalue weighted by molar-refractivity contribution is 9.10. The maximum Gasteiger partial charge on any atom is 0.254 e. The lowest BCUT2D eigenvalue weighted by atomic mass is 10.1. The van der Waals surface area contributed by atoms with Crippen LogP contribution in [0.1, 0.15) is 16.1 Å². The number of amides is 1. The Morgan fingerprint density at radius 3 is 2.81 bits per heavy atom. The molecule has 1 N–H and O–H groups in total. The molecular formula is C15H13BrClN3O. The molecule has 0 saturated heterocycles. The van der Waals surface area contributed by atoms with Gasteiger partial charge in [0.25, 0.3) is 5.91 Å². The first-order valence-electron chi connectivity index (χ1n) is 6.27. The van der Waals surface area contributed by atoms with Crippen LogP contribution in [0.2, 0.25) is 0 Å². The minimum atomic E-state index is -0.0517. The molecule has 0 atom stereocenters. The summed E-state index contributed by atoms with van der Waals surface area (Å²) in [6, 6.07) is 3.83. The summed E-state index contributed by atoms with van der Waals surface area (Å²) in [5.41, 5.74) is 3.61. The number of aromatic nitrogens is 2. The van der Waals surface area contributed by atoms with E-state index in [0.29, 0.717) is 18.7 Å². The number of nitrogens with one attached hydrogen (secondary N) is 1. The van der Waals surface area contributed by atoms with Crippen LogP contribution in [0.25, 0.3) is 11.3 Å². The summed E-state index contributed by atoms with van der Waals surface area (Å²) >= 11 is 3.56. The van der Waals surface area contributed by atoms with E-state index in [9.17, 15) is 4.79 Å². The Hall–Kier alpha value is -1.77. The number of fused-ring (bicyclic) bond motifs is 1. The number of rotatable bonds is 2. The molecule has 0 saturated carbocycles. The van der Waals surface area contributed by atoms with Crippen molar-refractivity contribution in [2.45, 2.75) is 13.0 Å². The lowest BCUT2D eigenvalue weighted by Gasteiger charge is -2.15. The molecule has 21 heavy (non-hydrogen) atoms. The van der Waals surface area contributed by atoms with E-state index in [1.54, 1.807) is 12.4 Å². The Kier molecular flexibility index (Phi) is 4.71. The fourth-order valence-corrected chi connectivity index (χ4v) is 3.42. The molecule has 0 aromatic carbocycles. The third-order valence-corrected chi connectivity index (χ3v) is 4.16. The molecule has 1 aliphatic heterocycles. The highest BCUT2D eigenvalue weighted by Gasteiger charge is 2.28. The summed E-state index contributed by atoms with van der Waals surface area (Å²) in [7, 11) is 0. The van der Waals surface area contributed by atoms with Crippen LogP contribution in [0.3, 0.4) is 0 Å². The van der Waals surface area contributed by atoms with Crippen LogP contribution in [0.4, 0.5) is 0 Å². The molecule has 1 aliphatic rings. The summed E-state index contributed by atoms with van der Waals surface area (Å²) in [4.78, 5) is 16.1. The monoisotopic (exact) mass is 365 g/mol. The fourth-order valence-electron chi connectivity index (χ4n) is 2.57. The van der Waals surface area contributed by atoms with Crippen LogP contribution >= 0.6 is 28.3 Å². The standard InChI is InChI=1S/C15H12BrN3O.ClH/c1-2-9-19-11-5-8-18-15(20)12(11)13(16)14(19)10-3-6-17-7-4-10;/h1,3-4,6-7H,5,8-9H2,(H,18,20);1H. The quantitative estimate of drug-likeness (QED) is 0.831. The Bertz CT molecular complexity index is 719. The van der Waals surface area contributed by atoms with Gasteiger partial charge < -0.3 is 9.88 Å². The van der Waals surface area contributed by atoms with Gasteiger partial charge in [-0.2, -0.15) is 0 Å². The fraction of sp³-hybridized carbons (Fsp3) is 0.200. The highest BCUT2D eigenvalue weighted by Crippen LogP contribution is 2.37. The van der Waals surface area contributed by atoms with Gasteiger partial charge in [0, 0.05) is 36.6 Å². The second-order valence-electron chi connectivity index (χ2n) is 4.52. The molecule has 108 valence electrons. The van der Waals surface area contributed by atoms with E-state index in [-0.39, 0.29) is 18.3 Å². The summed E-state index contributed by atoms with van der Waals surface area (Å²) < 4.78 is 2.83. The molecule has 0 spiro atoms. The van der Waals surface area contributed by atoms with Crippen molar-refractivity contribution in [3.05, 3.63) is 40.3 Å². The average molecular weight is 367 g/mol. The minimum absolute atomic E-state index is 0. The first-order chi connectivity index (χ1) is 9.74. The Morgan fingerprint density at radius 2 is 2.14 bits per heavy atom. The summed E-state index contributed by atoms with van der Waals surface area (Å²) in [6.45, 7) is 1.08. The SMILES string of the molecule is C#CCn1c2c(c(Br)c1-c1ccncc1)C(=O)NCC2.Cl. The summed E-state index contributed by atoms with van der Waals surface area (Å²) in [5.74, 6) is 2.62. The molecule has 2 aromatic rings. The maximum absolute atomic E-state index is 12.1. The number of hydrogen-bond donors (Lipinski definition) is 1. The van der Waals surface area contributed by atoms with Crippen molar-refractivity contribution in [2.75, 3.05) is 6.54 Å². The molecule has 2 aromatic heterocycles. The predicted octanol–water partition coefficient (Wildman–Crippen LogP) is 2.65. The van der Waals surface area contributed by atoms with Gasteiger partial charge in [0.05, 0.1) is 22.3 Å². The van der Waals surface area contributed by atoms with Gasteiger partial charge in [0.15, 0.2) is 0 Å². The number of pyridine rings is 1. The summed E-state index contributed by atoms with van der Waals surface area (Å²) in [6.07, 6.45) is 9.73. The third kappa shape index (κ3) is 2.57. The van der Waals surface area contributed by atoms with Crippen molar-refractivity contribution >= 4 is 34.2 Å². The molecule has 3 heterocycles. The second-order valence-corrected chi connectivity index (χ2v) is 5.31. The topological polar surface area (TPSA) is 46.9 Å². The van der Waals surface area contributed by atoms with E-state index < -0.39 is 0 Å². The molecule has 0 bridgehead atoms. The van der Waals surface area contributed by atoms with Crippen molar-refractivity contribution in [2.24, 2.45) is 0 Å². The molecule has 0 unspecified atom stereocenters. The van der Waals surface area contributed by atoms with Gasteiger partial charge in [0.2, 0.25) is 0 Å². The van der Waals surface area contributed by atoms with E-state index in [4.69, 9.17) is 6.42 Å². The highest BCUT2D eigenvalue weighted by atomic mass is 79.9. The minimum Gasteiger partial charge on any atom is -0.352 e. The van der Waals surface area contributed by atoms with Crippen LogP contribution in [0.15, 0.2) is 29.0 Å². The van der Waals surface area contributed by atoms with Crippen molar-refractivity contribution in [1.29, 1.82) is 0 Å². The molecule has 3 rings (SSSR count). The zero-order chi connectivity index (χ0) is 14.1. The maximum atomic E-state index is 12.1. The van der Waals surface area contributed by atoms with E-state index in [2.05, 4.69) is 32.2 Å². The van der Waals surface area contributed by atoms with E-state index in [1.807, 2.05) is 16.7 Å². The number of carbonyl (C=O) groups excluding carboxylic acids is 1. The van der Waals surface area contributed by atoms with Crippen molar-refractivity contribution in [3.8, 4) is 23.6 Å². The molecule has 6 heteroatoms. The smallest absolute Gasteiger partial charge is 0.254 e. The van der Waals surface area contributed by atoms with Gasteiger partial charge in [-0.15, -0.1) is 18.8 Å².